The minimum atomic E-state index is -0.521. The van der Waals surface area contributed by atoms with Crippen LogP contribution in [0.1, 0.15) is 50.3 Å². The summed E-state index contributed by atoms with van der Waals surface area (Å²) in [6.45, 7) is 10.8. The van der Waals surface area contributed by atoms with Gasteiger partial charge in [-0.25, -0.2) is 4.79 Å². The van der Waals surface area contributed by atoms with Crippen LogP contribution in [0.5, 0.6) is 5.75 Å². The van der Waals surface area contributed by atoms with Crippen molar-refractivity contribution in [2.24, 2.45) is 0 Å². The second kappa shape index (κ2) is 7.41. The van der Waals surface area contributed by atoms with Gasteiger partial charge in [-0.15, -0.1) is 0 Å². The third-order valence-corrected chi connectivity index (χ3v) is 5.06. The van der Waals surface area contributed by atoms with Gasteiger partial charge in [0.05, 0.1) is 0 Å². The third kappa shape index (κ3) is 4.73. The molecule has 0 spiro atoms. The Labute approximate surface area is 161 Å². The van der Waals surface area contributed by atoms with E-state index in [1.165, 1.54) is 5.56 Å². The highest BCUT2D eigenvalue weighted by Gasteiger charge is 2.33. The lowest BCUT2D eigenvalue weighted by Gasteiger charge is -2.34. The van der Waals surface area contributed by atoms with E-state index in [0.29, 0.717) is 19.5 Å². The van der Waals surface area contributed by atoms with Crippen LogP contribution in [0.3, 0.4) is 0 Å². The highest BCUT2D eigenvalue weighted by atomic mass is 16.6. The molecule has 0 saturated carbocycles. The van der Waals surface area contributed by atoms with Crippen molar-refractivity contribution in [3.8, 4) is 5.75 Å². The highest BCUT2D eigenvalue weighted by molar-refractivity contribution is 5.83. The predicted molar refractivity (Wildman–Crippen MR) is 103 cm³/mol. The molecule has 2 aliphatic rings. The topological polar surface area (TPSA) is 67.9 Å². The quantitative estimate of drug-likeness (QED) is 0.864. The van der Waals surface area contributed by atoms with Crippen LogP contribution in [-0.4, -0.2) is 47.7 Å². The molecule has 1 N–H and O–H groups in total. The van der Waals surface area contributed by atoms with Crippen LogP contribution < -0.4 is 10.1 Å². The summed E-state index contributed by atoms with van der Waals surface area (Å²) < 4.78 is 11.3. The number of nitrogens with one attached hydrogen (secondary N) is 1. The minimum absolute atomic E-state index is 0.0745. The Morgan fingerprint density at radius 1 is 1.22 bits per heavy atom. The zero-order valence-corrected chi connectivity index (χ0v) is 16.9. The van der Waals surface area contributed by atoms with Crippen LogP contribution in [0, 0.1) is 13.8 Å². The predicted octanol–water partition coefficient (Wildman–Crippen LogP) is 3.12. The van der Waals surface area contributed by atoms with Gasteiger partial charge in [0.25, 0.3) is 5.91 Å². The SMILES string of the molecule is Cc1cc2c(cc1C)O[C@H](C(=O)N[C@@H]1CCCN(C(=O)OC(C)(C)C)C1)C2. The van der Waals surface area contributed by atoms with Crippen LogP contribution in [0.4, 0.5) is 4.79 Å². The van der Waals surface area contributed by atoms with Crippen LogP contribution >= 0.6 is 0 Å². The van der Waals surface area contributed by atoms with Crippen molar-refractivity contribution in [2.45, 2.75) is 71.6 Å². The number of amides is 2. The minimum Gasteiger partial charge on any atom is -0.480 e. The third-order valence-electron chi connectivity index (χ3n) is 5.06. The first-order valence-electron chi connectivity index (χ1n) is 9.67. The van der Waals surface area contributed by atoms with Gasteiger partial charge < -0.3 is 19.7 Å². The number of benzene rings is 1. The number of ether oxygens (including phenoxy) is 2. The summed E-state index contributed by atoms with van der Waals surface area (Å²) in [6.07, 6.45) is 1.46. The van der Waals surface area contributed by atoms with E-state index in [0.717, 1.165) is 29.7 Å². The van der Waals surface area contributed by atoms with Crippen LogP contribution in [-0.2, 0) is 16.0 Å². The number of carbonyl (C=O) groups excluding carboxylic acids is 2. The normalized spacial score (nSPS) is 22.0. The van der Waals surface area contributed by atoms with E-state index in [1.54, 1.807) is 4.90 Å². The Bertz CT molecular complexity index is 707. The first kappa shape index (κ1) is 19.5. The monoisotopic (exact) mass is 374 g/mol. The molecule has 0 aliphatic carbocycles. The molecule has 1 saturated heterocycles. The molecule has 0 bridgehead atoms. The van der Waals surface area contributed by atoms with Gasteiger partial charge in [-0.05, 0) is 70.2 Å². The lowest BCUT2D eigenvalue weighted by molar-refractivity contribution is -0.128. The van der Waals surface area contributed by atoms with Gasteiger partial charge in [-0.1, -0.05) is 6.07 Å². The number of rotatable bonds is 2. The molecule has 6 nitrogen and oxygen atoms in total. The lowest BCUT2D eigenvalue weighted by atomic mass is 10.0. The summed E-state index contributed by atoms with van der Waals surface area (Å²) in [5.41, 5.74) is 2.93. The van der Waals surface area contributed by atoms with Crippen molar-refractivity contribution < 1.29 is 19.1 Å². The van der Waals surface area contributed by atoms with Crippen molar-refractivity contribution in [2.75, 3.05) is 13.1 Å². The van der Waals surface area contributed by atoms with Gasteiger partial charge >= 0.3 is 6.09 Å². The molecular formula is C21H30N2O4. The molecule has 0 aromatic heterocycles. The summed E-state index contributed by atoms with van der Waals surface area (Å²) in [4.78, 5) is 26.6. The van der Waals surface area contributed by atoms with E-state index in [-0.39, 0.29) is 18.0 Å². The molecule has 148 valence electrons. The largest absolute Gasteiger partial charge is 0.480 e. The zero-order valence-electron chi connectivity index (χ0n) is 16.9. The summed E-state index contributed by atoms with van der Waals surface area (Å²) in [5, 5.41) is 3.06. The number of hydrogen-bond donors (Lipinski definition) is 1. The summed E-state index contributed by atoms with van der Waals surface area (Å²) in [6, 6.07) is 4.03. The Balaban J connectivity index is 1.56. The number of likely N-dealkylation sites (tertiary alicyclic amines) is 1. The molecular weight excluding hydrogens is 344 g/mol. The van der Waals surface area contributed by atoms with Crippen LogP contribution in [0.25, 0.3) is 0 Å². The molecule has 2 atom stereocenters. The number of fused-ring (bicyclic) bond motifs is 1. The molecule has 0 unspecified atom stereocenters. The van der Waals surface area contributed by atoms with Gasteiger partial charge in [0, 0.05) is 25.6 Å². The Hall–Kier alpha value is -2.24. The van der Waals surface area contributed by atoms with Gasteiger partial charge in [0.15, 0.2) is 6.10 Å². The number of aryl methyl sites for hydroxylation is 2. The molecule has 3 rings (SSSR count). The van der Waals surface area contributed by atoms with E-state index in [4.69, 9.17) is 9.47 Å². The Morgan fingerprint density at radius 2 is 1.93 bits per heavy atom. The fourth-order valence-electron chi connectivity index (χ4n) is 3.54. The summed E-state index contributed by atoms with van der Waals surface area (Å²) >= 11 is 0. The van der Waals surface area contributed by atoms with Gasteiger partial charge in [0.1, 0.15) is 11.4 Å². The maximum Gasteiger partial charge on any atom is 0.410 e. The van der Waals surface area contributed by atoms with Crippen LogP contribution in [0.15, 0.2) is 12.1 Å². The first-order valence-corrected chi connectivity index (χ1v) is 9.67. The van der Waals surface area contributed by atoms with Crippen molar-refractivity contribution in [3.05, 3.63) is 28.8 Å². The van der Waals surface area contributed by atoms with E-state index in [1.807, 2.05) is 33.8 Å². The van der Waals surface area contributed by atoms with E-state index in [2.05, 4.69) is 18.3 Å². The molecule has 1 aromatic carbocycles. The number of carbonyl (C=O) groups is 2. The Kier molecular flexibility index (Phi) is 5.36. The van der Waals surface area contributed by atoms with Gasteiger partial charge in [-0.2, -0.15) is 0 Å². The Morgan fingerprint density at radius 3 is 2.63 bits per heavy atom. The average molecular weight is 374 g/mol. The standard InChI is InChI=1S/C21H30N2O4/c1-13-9-15-11-18(26-17(15)10-14(13)2)19(24)22-16-7-6-8-23(12-16)20(25)27-21(3,4)5/h9-10,16,18H,6-8,11-12H2,1-5H3,(H,22,24)/t16-,18+/m1/s1. The van der Waals surface area contributed by atoms with Gasteiger partial charge in [0.2, 0.25) is 0 Å². The maximum absolute atomic E-state index is 12.7. The second-order valence-corrected chi connectivity index (χ2v) is 8.63. The summed E-state index contributed by atoms with van der Waals surface area (Å²) in [5.74, 6) is 0.690. The van der Waals surface area contributed by atoms with E-state index >= 15 is 0 Å². The van der Waals surface area contributed by atoms with E-state index < -0.39 is 11.7 Å². The van der Waals surface area contributed by atoms with Crippen molar-refractivity contribution >= 4 is 12.0 Å². The second-order valence-electron chi connectivity index (χ2n) is 8.63. The zero-order chi connectivity index (χ0) is 19.8. The number of piperidine rings is 1. The fraction of sp³-hybridized carbons (Fsp3) is 0.619. The van der Waals surface area contributed by atoms with Crippen molar-refractivity contribution in [1.82, 2.24) is 10.2 Å². The molecule has 27 heavy (non-hydrogen) atoms. The van der Waals surface area contributed by atoms with Crippen molar-refractivity contribution in [1.29, 1.82) is 0 Å². The van der Waals surface area contributed by atoms with Gasteiger partial charge in [-0.3, -0.25) is 4.79 Å². The maximum atomic E-state index is 12.7. The van der Waals surface area contributed by atoms with Crippen molar-refractivity contribution in [3.63, 3.8) is 0 Å². The number of hydrogen-bond acceptors (Lipinski definition) is 4. The molecule has 2 aliphatic heterocycles. The molecule has 2 amide bonds. The molecule has 0 radical (unpaired) electrons. The molecule has 6 heteroatoms. The highest BCUT2D eigenvalue weighted by Crippen LogP contribution is 2.31. The molecule has 1 aromatic rings. The number of nitrogens with zero attached hydrogens (tertiary/aromatic N) is 1. The first-order chi connectivity index (χ1) is 12.6. The average Bonchev–Trinajstić information content (AvgIpc) is 2.97. The van der Waals surface area contributed by atoms with Crippen LogP contribution in [0.2, 0.25) is 0 Å². The van der Waals surface area contributed by atoms with E-state index in [9.17, 15) is 9.59 Å². The lowest BCUT2D eigenvalue weighted by Crippen LogP contribution is -2.53. The fourth-order valence-corrected chi connectivity index (χ4v) is 3.54. The molecule has 1 fully saturated rings. The molecule has 2 heterocycles. The summed E-state index contributed by atoms with van der Waals surface area (Å²) in [7, 11) is 0. The smallest absolute Gasteiger partial charge is 0.410 e.